The van der Waals surface area contributed by atoms with Gasteiger partial charge in [0.25, 0.3) is 5.91 Å². The van der Waals surface area contributed by atoms with E-state index in [0.29, 0.717) is 6.29 Å². The van der Waals surface area contributed by atoms with Crippen LogP contribution < -0.4 is 11.1 Å². The van der Waals surface area contributed by atoms with Crippen LogP contribution >= 0.6 is 0 Å². The van der Waals surface area contributed by atoms with Crippen molar-refractivity contribution in [2.75, 3.05) is 6.54 Å². The predicted octanol–water partition coefficient (Wildman–Crippen LogP) is -0.933. The van der Waals surface area contributed by atoms with Gasteiger partial charge in [-0.25, -0.2) is 0 Å². The summed E-state index contributed by atoms with van der Waals surface area (Å²) in [6.45, 7) is 3.30. The Morgan fingerprint density at radius 2 is 2.33 bits per heavy atom. The van der Waals surface area contributed by atoms with Gasteiger partial charge in [-0.3, -0.25) is 10.1 Å². The van der Waals surface area contributed by atoms with E-state index in [0.717, 1.165) is 0 Å². The Morgan fingerprint density at radius 3 is 2.75 bits per heavy atom. The second kappa shape index (κ2) is 5.42. The molecule has 3 N–H and O–H groups in total. The fourth-order valence-corrected chi connectivity index (χ4v) is 0.583. The first-order valence-corrected chi connectivity index (χ1v) is 3.59. The van der Waals surface area contributed by atoms with Crippen molar-refractivity contribution in [3.05, 3.63) is 0 Å². The molecule has 0 aliphatic heterocycles. The average Bonchev–Trinajstić information content (AvgIpc) is 1.98. The number of nitrogens with one attached hydrogen (secondary N) is 1. The Labute approximate surface area is 71.0 Å². The van der Waals surface area contributed by atoms with E-state index < -0.39 is 6.04 Å². The Bertz CT molecular complexity index is 197. The lowest BCUT2D eigenvalue weighted by Crippen LogP contribution is -2.34. The highest BCUT2D eigenvalue weighted by atomic mass is 16.1. The highest BCUT2D eigenvalue weighted by molar-refractivity contribution is 5.94. The second-order valence-electron chi connectivity index (χ2n) is 2.39. The summed E-state index contributed by atoms with van der Waals surface area (Å²) in [4.78, 5) is 24.4. The fourth-order valence-electron chi connectivity index (χ4n) is 0.583. The summed E-state index contributed by atoms with van der Waals surface area (Å²) in [5.74, 6) is -0.142. The molecule has 0 aromatic rings. The minimum absolute atomic E-state index is 0.145. The predicted molar refractivity (Wildman–Crippen MR) is 45.8 cm³/mol. The third-order valence-corrected chi connectivity index (χ3v) is 1.16. The molecule has 0 fully saturated rings. The number of nitrogens with zero attached hydrogens (tertiary/aromatic N) is 1. The maximum atomic E-state index is 11.0. The number of hydrogen-bond donors (Lipinski definition) is 2. The number of carbonyl (C=O) groups excluding carboxylic acids is 2. The van der Waals surface area contributed by atoms with Gasteiger partial charge in [0.05, 0.1) is 18.4 Å². The van der Waals surface area contributed by atoms with Crippen molar-refractivity contribution in [1.29, 1.82) is 0 Å². The smallest absolute Gasteiger partial charge is 0.264 e. The lowest BCUT2D eigenvalue weighted by atomic mass is 10.3. The van der Waals surface area contributed by atoms with Crippen molar-refractivity contribution < 1.29 is 9.59 Å². The zero-order chi connectivity index (χ0) is 9.56. The number of nitrogens with two attached hydrogens (primary N) is 1. The summed E-state index contributed by atoms with van der Waals surface area (Å²) in [5.41, 5.74) is 5.19. The first kappa shape index (κ1) is 10.8. The molecule has 0 saturated heterocycles. The summed E-state index contributed by atoms with van der Waals surface area (Å²) in [5, 5.41) is 2.66. The quantitative estimate of drug-likeness (QED) is 0.325. The molecule has 68 valence electrons. The molecular weight excluding hydrogens is 158 g/mol. The topological polar surface area (TPSA) is 84.5 Å². The summed E-state index contributed by atoms with van der Waals surface area (Å²) in [6, 6.07) is -0.464. The highest BCUT2D eigenvalue weighted by Gasteiger charge is 2.09. The van der Waals surface area contributed by atoms with Crippen molar-refractivity contribution in [3.63, 3.8) is 0 Å². The summed E-state index contributed by atoms with van der Waals surface area (Å²) < 4.78 is 0. The molecule has 5 heteroatoms. The van der Waals surface area contributed by atoms with E-state index in [1.54, 1.807) is 6.92 Å². The maximum absolute atomic E-state index is 11.0. The number of rotatable bonds is 4. The fraction of sp³-hybridized carbons (Fsp3) is 0.571. The van der Waals surface area contributed by atoms with E-state index >= 15 is 0 Å². The molecule has 0 bridgehead atoms. The molecule has 1 amide bonds. The number of amides is 1. The van der Waals surface area contributed by atoms with Crippen LogP contribution in [-0.4, -0.2) is 30.6 Å². The van der Waals surface area contributed by atoms with Crippen LogP contribution in [0.25, 0.3) is 0 Å². The molecule has 0 spiro atoms. The van der Waals surface area contributed by atoms with Crippen LogP contribution in [0.1, 0.15) is 13.8 Å². The van der Waals surface area contributed by atoms with E-state index in [9.17, 15) is 9.59 Å². The highest BCUT2D eigenvalue weighted by Crippen LogP contribution is 1.85. The minimum Gasteiger partial charge on any atom is -0.387 e. The van der Waals surface area contributed by atoms with E-state index in [4.69, 9.17) is 5.73 Å². The van der Waals surface area contributed by atoms with Crippen LogP contribution in [0, 0.1) is 0 Å². The van der Waals surface area contributed by atoms with E-state index in [-0.39, 0.29) is 18.3 Å². The largest absolute Gasteiger partial charge is 0.387 e. The van der Waals surface area contributed by atoms with Crippen LogP contribution in [0.2, 0.25) is 0 Å². The first-order chi connectivity index (χ1) is 5.57. The number of aliphatic imine (C=N–C) groups is 1. The van der Waals surface area contributed by atoms with Crippen molar-refractivity contribution in [3.8, 4) is 0 Å². The van der Waals surface area contributed by atoms with Gasteiger partial charge in [-0.15, -0.1) is 0 Å². The van der Waals surface area contributed by atoms with Gasteiger partial charge in [0.1, 0.15) is 6.29 Å². The SMILES string of the molecule is CC(N)=NC(=O)C(C)NCC=O. The van der Waals surface area contributed by atoms with Gasteiger partial charge < -0.3 is 10.5 Å². The number of hydrogen-bond acceptors (Lipinski definition) is 3. The molecule has 0 aliphatic rings. The lowest BCUT2D eigenvalue weighted by molar-refractivity contribution is -0.119. The van der Waals surface area contributed by atoms with E-state index in [2.05, 4.69) is 10.3 Å². The molecular formula is C7H13N3O2. The third-order valence-electron chi connectivity index (χ3n) is 1.16. The van der Waals surface area contributed by atoms with Crippen LogP contribution in [-0.2, 0) is 9.59 Å². The van der Waals surface area contributed by atoms with Crippen LogP contribution in [0.5, 0.6) is 0 Å². The molecule has 12 heavy (non-hydrogen) atoms. The van der Waals surface area contributed by atoms with E-state index in [1.165, 1.54) is 6.92 Å². The summed E-state index contributed by atoms with van der Waals surface area (Å²) in [7, 11) is 0. The third kappa shape index (κ3) is 4.56. The van der Waals surface area contributed by atoms with Crippen LogP contribution in [0.15, 0.2) is 4.99 Å². The molecule has 5 nitrogen and oxygen atoms in total. The molecule has 0 aromatic heterocycles. The zero-order valence-corrected chi connectivity index (χ0v) is 7.20. The van der Waals surface area contributed by atoms with Gasteiger partial charge in [0.15, 0.2) is 0 Å². The minimum atomic E-state index is -0.464. The molecule has 0 heterocycles. The Morgan fingerprint density at radius 1 is 1.75 bits per heavy atom. The molecule has 1 unspecified atom stereocenters. The number of amidine groups is 1. The first-order valence-electron chi connectivity index (χ1n) is 3.59. The average molecular weight is 171 g/mol. The van der Waals surface area contributed by atoms with Crippen molar-refractivity contribution in [2.24, 2.45) is 10.7 Å². The molecule has 1 atom stereocenters. The second-order valence-corrected chi connectivity index (χ2v) is 2.39. The van der Waals surface area contributed by atoms with Crippen molar-refractivity contribution in [2.45, 2.75) is 19.9 Å². The Kier molecular flexibility index (Phi) is 4.87. The van der Waals surface area contributed by atoms with Gasteiger partial charge in [-0.2, -0.15) is 4.99 Å². The van der Waals surface area contributed by atoms with Gasteiger partial charge in [-0.05, 0) is 13.8 Å². The van der Waals surface area contributed by atoms with Gasteiger partial charge in [-0.1, -0.05) is 0 Å². The van der Waals surface area contributed by atoms with E-state index in [1.807, 2.05) is 0 Å². The Balaban J connectivity index is 3.93. The van der Waals surface area contributed by atoms with Crippen molar-refractivity contribution >= 4 is 18.0 Å². The lowest BCUT2D eigenvalue weighted by Gasteiger charge is -2.06. The molecule has 0 rings (SSSR count). The number of carbonyl (C=O) groups is 2. The van der Waals surface area contributed by atoms with Gasteiger partial charge >= 0.3 is 0 Å². The molecule has 0 radical (unpaired) electrons. The number of aldehydes is 1. The normalized spacial score (nSPS) is 14.0. The zero-order valence-electron chi connectivity index (χ0n) is 7.20. The Hall–Kier alpha value is -1.23. The maximum Gasteiger partial charge on any atom is 0.264 e. The summed E-state index contributed by atoms with van der Waals surface area (Å²) in [6.07, 6.45) is 0.683. The van der Waals surface area contributed by atoms with Crippen LogP contribution in [0.4, 0.5) is 0 Å². The standard InChI is InChI=1S/C7H13N3O2/c1-5(9-3-4-11)7(12)10-6(2)8/h4-5,9H,3H2,1-2H3,(H2,8,10,12). The van der Waals surface area contributed by atoms with Gasteiger partial charge in [0.2, 0.25) is 0 Å². The van der Waals surface area contributed by atoms with Gasteiger partial charge in [0, 0.05) is 0 Å². The van der Waals surface area contributed by atoms with Crippen LogP contribution in [0.3, 0.4) is 0 Å². The molecule has 0 saturated carbocycles. The molecule has 0 aliphatic carbocycles. The monoisotopic (exact) mass is 171 g/mol. The molecule has 0 aromatic carbocycles. The summed E-state index contributed by atoms with van der Waals surface area (Å²) >= 11 is 0. The van der Waals surface area contributed by atoms with Crippen molar-refractivity contribution in [1.82, 2.24) is 5.32 Å².